The number of nitrogens with one attached hydrogen (secondary N) is 2. The number of para-hydroxylation sites is 1. The molecule has 0 aliphatic carbocycles. The molecule has 3 fully saturated rings. The van der Waals surface area contributed by atoms with E-state index in [-0.39, 0.29) is 25.8 Å². The number of amides is 4. The second kappa shape index (κ2) is 14.6. The molecule has 0 spiro atoms. The van der Waals surface area contributed by atoms with Crippen LogP contribution in [0.1, 0.15) is 38.2 Å². The SMILES string of the molecule is O=C(O[C@H](Cc1cc(Cl)cc(Cl)c1)C(=O)N1CCN(C2CCNCC2)CC1)N1CCC(N2CCc3ccccc3NC2=O)CC1.[HH]. The van der Waals surface area contributed by atoms with E-state index >= 15 is 0 Å². The molecule has 45 heavy (non-hydrogen) atoms. The molecule has 2 aromatic rings. The van der Waals surface area contributed by atoms with Gasteiger partial charge < -0.3 is 30.1 Å². The second-order valence-electron chi connectivity index (χ2n) is 12.4. The number of urea groups is 1. The topological polar surface area (TPSA) is 97.5 Å². The molecule has 12 heteroatoms. The van der Waals surface area contributed by atoms with Gasteiger partial charge in [-0.1, -0.05) is 41.4 Å². The van der Waals surface area contributed by atoms with E-state index in [0.717, 1.165) is 62.3 Å². The Bertz CT molecular complexity index is 1360. The smallest absolute Gasteiger partial charge is 0.410 e. The van der Waals surface area contributed by atoms with Crippen LogP contribution < -0.4 is 10.6 Å². The first-order valence-corrected chi connectivity index (χ1v) is 16.9. The van der Waals surface area contributed by atoms with Crippen molar-refractivity contribution in [3.8, 4) is 0 Å². The van der Waals surface area contributed by atoms with E-state index in [1.165, 1.54) is 0 Å². The van der Waals surface area contributed by atoms with E-state index in [1.54, 1.807) is 23.1 Å². The largest absolute Gasteiger partial charge is 0.436 e. The van der Waals surface area contributed by atoms with E-state index in [0.29, 0.717) is 61.7 Å². The van der Waals surface area contributed by atoms with Crippen LogP contribution in [0.15, 0.2) is 42.5 Å². The van der Waals surface area contributed by atoms with Crippen molar-refractivity contribution in [1.82, 2.24) is 24.9 Å². The molecule has 4 aliphatic heterocycles. The summed E-state index contributed by atoms with van der Waals surface area (Å²) in [5.74, 6) is -0.194. The third-order valence-corrected chi connectivity index (χ3v) is 10.1. The Hall–Kier alpha value is -3.05. The average Bonchev–Trinajstić information content (AvgIpc) is 3.22. The number of fused-ring (bicyclic) bond motifs is 1. The van der Waals surface area contributed by atoms with Crippen LogP contribution in [0.2, 0.25) is 10.0 Å². The van der Waals surface area contributed by atoms with Gasteiger partial charge in [0.2, 0.25) is 0 Å². The number of anilines is 1. The zero-order valence-corrected chi connectivity index (χ0v) is 27.1. The summed E-state index contributed by atoms with van der Waals surface area (Å²) in [7, 11) is 0. The van der Waals surface area contributed by atoms with Crippen LogP contribution in [-0.4, -0.2) is 115 Å². The van der Waals surface area contributed by atoms with Crippen LogP contribution in [0.25, 0.3) is 0 Å². The Morgan fingerprint density at radius 2 is 1.56 bits per heavy atom. The predicted octanol–water partition coefficient (Wildman–Crippen LogP) is 4.74. The van der Waals surface area contributed by atoms with E-state index in [9.17, 15) is 14.4 Å². The number of hydrogen-bond donors (Lipinski definition) is 2. The van der Waals surface area contributed by atoms with Gasteiger partial charge in [-0.2, -0.15) is 0 Å². The number of piperidine rings is 2. The molecule has 10 nitrogen and oxygen atoms in total. The van der Waals surface area contributed by atoms with Gasteiger partial charge in [-0.3, -0.25) is 9.69 Å². The lowest BCUT2D eigenvalue weighted by molar-refractivity contribution is -0.143. The first kappa shape index (κ1) is 31.9. The number of hydrogen-bond acceptors (Lipinski definition) is 6. The van der Waals surface area contributed by atoms with Gasteiger partial charge in [0.15, 0.2) is 6.10 Å². The lowest BCUT2D eigenvalue weighted by atomic mass is 10.0. The first-order valence-electron chi connectivity index (χ1n) is 16.1. The van der Waals surface area contributed by atoms with Crippen molar-refractivity contribution in [3.63, 3.8) is 0 Å². The Morgan fingerprint density at radius 1 is 0.867 bits per heavy atom. The lowest BCUT2D eigenvalue weighted by Gasteiger charge is -2.41. The van der Waals surface area contributed by atoms with Crippen molar-refractivity contribution in [2.75, 3.05) is 64.2 Å². The maximum absolute atomic E-state index is 13.9. The van der Waals surface area contributed by atoms with Gasteiger partial charge in [-0.25, -0.2) is 9.59 Å². The fraction of sp³-hybridized carbons (Fsp3) is 0.545. The number of carbonyl (C=O) groups is 3. The molecule has 2 aromatic carbocycles. The number of halogens is 2. The zero-order valence-electron chi connectivity index (χ0n) is 25.6. The third-order valence-electron chi connectivity index (χ3n) is 9.62. The number of nitrogens with zero attached hydrogens (tertiary/aromatic N) is 4. The standard InChI is InChI=1S/C33H42Cl2N6O4.H2/c34-25-19-23(20-26(35)22-25)21-30(31(42)39-17-15-38(16-18-39)27-5-10-36-11-6-27)45-33(44)40-12-8-28(9-13-40)41-14-7-24-3-1-2-4-29(24)37-32(41)43;/h1-4,19-20,22,27-28,30,36H,5-18,21H2,(H,37,43);1H/t30-;/m1./s1. The highest BCUT2D eigenvalue weighted by molar-refractivity contribution is 6.34. The highest BCUT2D eigenvalue weighted by Gasteiger charge is 2.36. The van der Waals surface area contributed by atoms with E-state index in [2.05, 4.69) is 15.5 Å². The molecule has 0 unspecified atom stereocenters. The number of carbonyl (C=O) groups excluding carboxylic acids is 3. The summed E-state index contributed by atoms with van der Waals surface area (Å²) in [6.07, 6.45) is 2.98. The number of ether oxygens (including phenoxy) is 1. The van der Waals surface area contributed by atoms with Crippen LogP contribution in [0, 0.1) is 0 Å². The Morgan fingerprint density at radius 3 is 2.27 bits per heavy atom. The van der Waals surface area contributed by atoms with Gasteiger partial charge >= 0.3 is 12.1 Å². The van der Waals surface area contributed by atoms with Gasteiger partial charge in [0, 0.05) is 81.5 Å². The Labute approximate surface area is 276 Å². The fourth-order valence-corrected chi connectivity index (χ4v) is 7.67. The summed E-state index contributed by atoms with van der Waals surface area (Å²) in [5.41, 5.74) is 2.72. The molecule has 4 aliphatic rings. The van der Waals surface area contributed by atoms with Gasteiger partial charge in [0.25, 0.3) is 5.91 Å². The van der Waals surface area contributed by atoms with Gasteiger partial charge in [-0.05, 0) is 80.6 Å². The molecule has 2 N–H and O–H groups in total. The molecule has 4 amide bonds. The predicted molar refractivity (Wildman–Crippen MR) is 177 cm³/mol. The molecular weight excluding hydrogens is 615 g/mol. The molecule has 244 valence electrons. The van der Waals surface area contributed by atoms with Crippen LogP contribution in [0.3, 0.4) is 0 Å². The average molecular weight is 660 g/mol. The maximum atomic E-state index is 13.9. The summed E-state index contributed by atoms with van der Waals surface area (Å²) >= 11 is 12.5. The van der Waals surface area contributed by atoms with Gasteiger partial charge in [-0.15, -0.1) is 0 Å². The second-order valence-corrected chi connectivity index (χ2v) is 13.3. The minimum Gasteiger partial charge on any atom is -0.436 e. The van der Waals surface area contributed by atoms with Crippen molar-refractivity contribution < 1.29 is 20.5 Å². The fourth-order valence-electron chi connectivity index (χ4n) is 7.10. The molecule has 4 heterocycles. The van der Waals surface area contributed by atoms with Gasteiger partial charge in [0.1, 0.15) is 0 Å². The summed E-state index contributed by atoms with van der Waals surface area (Å²) in [5, 5.41) is 7.39. The molecular formula is C33H44Cl2N6O4. The quantitative estimate of drug-likeness (QED) is 0.466. The number of piperazine rings is 1. The van der Waals surface area contributed by atoms with Crippen molar-refractivity contribution in [2.45, 2.75) is 56.7 Å². The molecule has 0 radical (unpaired) electrons. The van der Waals surface area contributed by atoms with Crippen LogP contribution in [-0.2, 0) is 22.4 Å². The van der Waals surface area contributed by atoms with Crippen LogP contribution >= 0.6 is 23.2 Å². The number of likely N-dealkylation sites (tertiary alicyclic amines) is 1. The minimum absolute atomic E-state index is 0. The number of benzene rings is 2. The highest BCUT2D eigenvalue weighted by atomic mass is 35.5. The van der Waals surface area contributed by atoms with Crippen molar-refractivity contribution >= 4 is 46.9 Å². The zero-order chi connectivity index (χ0) is 31.3. The highest BCUT2D eigenvalue weighted by Crippen LogP contribution is 2.26. The first-order chi connectivity index (χ1) is 21.8. The summed E-state index contributed by atoms with van der Waals surface area (Å²) in [6.45, 7) is 6.38. The lowest BCUT2D eigenvalue weighted by Crippen LogP contribution is -2.56. The van der Waals surface area contributed by atoms with Gasteiger partial charge in [0.05, 0.1) is 0 Å². The molecule has 0 bridgehead atoms. The summed E-state index contributed by atoms with van der Waals surface area (Å²) in [4.78, 5) is 48.3. The Kier molecular flexibility index (Phi) is 10.3. The summed E-state index contributed by atoms with van der Waals surface area (Å²) in [6, 6.07) is 13.5. The normalized spacial score (nSPS) is 21.1. The molecule has 6 rings (SSSR count). The molecule has 1 atom stereocenters. The van der Waals surface area contributed by atoms with Crippen molar-refractivity contribution in [2.24, 2.45) is 0 Å². The van der Waals surface area contributed by atoms with Crippen molar-refractivity contribution in [1.29, 1.82) is 0 Å². The maximum Gasteiger partial charge on any atom is 0.410 e. The Balaban J connectivity index is 0.00000417. The summed E-state index contributed by atoms with van der Waals surface area (Å²) < 4.78 is 5.99. The van der Waals surface area contributed by atoms with Crippen LogP contribution in [0.5, 0.6) is 0 Å². The van der Waals surface area contributed by atoms with E-state index in [4.69, 9.17) is 27.9 Å². The van der Waals surface area contributed by atoms with Crippen molar-refractivity contribution in [3.05, 3.63) is 63.6 Å². The monoisotopic (exact) mass is 658 g/mol. The molecule has 3 saturated heterocycles. The minimum atomic E-state index is -0.995. The van der Waals surface area contributed by atoms with E-state index in [1.807, 2.05) is 34.1 Å². The molecule has 0 aromatic heterocycles. The van der Waals surface area contributed by atoms with E-state index < -0.39 is 12.2 Å². The number of rotatable bonds is 6. The third kappa shape index (κ3) is 7.85. The van der Waals surface area contributed by atoms with Crippen LogP contribution in [0.4, 0.5) is 15.3 Å². The molecule has 0 saturated carbocycles.